The zero-order chi connectivity index (χ0) is 10.7. The number of benzene rings is 1. The molecule has 1 aliphatic heterocycles. The van der Waals surface area contributed by atoms with Gasteiger partial charge in [0.1, 0.15) is 11.9 Å². The molecule has 1 aromatic rings. The van der Waals surface area contributed by atoms with Crippen molar-refractivity contribution >= 4 is 5.90 Å². The van der Waals surface area contributed by atoms with E-state index in [9.17, 15) is 0 Å². The Morgan fingerprint density at radius 2 is 2.13 bits per heavy atom. The van der Waals surface area contributed by atoms with Crippen LogP contribution in [0.4, 0.5) is 0 Å². The van der Waals surface area contributed by atoms with Crippen LogP contribution >= 0.6 is 0 Å². The molecular weight excluding hydrogens is 192 g/mol. The smallest absolute Gasteiger partial charge is 0.188 e. The van der Waals surface area contributed by atoms with Gasteiger partial charge in [-0.1, -0.05) is 12.1 Å². The normalized spacial score (nSPS) is 19.8. The molecular formula is C11H14N2O2. The number of nitrogens with zero attached hydrogens (tertiary/aromatic N) is 1. The third-order valence-corrected chi connectivity index (χ3v) is 2.33. The van der Waals surface area contributed by atoms with E-state index in [1.807, 2.05) is 12.1 Å². The maximum absolute atomic E-state index is 9.12. The highest BCUT2D eigenvalue weighted by Crippen LogP contribution is 2.13. The van der Waals surface area contributed by atoms with Crippen LogP contribution in [0.5, 0.6) is 5.75 Å². The highest BCUT2D eigenvalue weighted by molar-refractivity contribution is 5.80. The highest BCUT2D eigenvalue weighted by Gasteiger charge is 2.17. The van der Waals surface area contributed by atoms with Crippen LogP contribution < -0.4 is 5.73 Å². The van der Waals surface area contributed by atoms with E-state index < -0.39 is 0 Å². The molecule has 2 rings (SSSR count). The van der Waals surface area contributed by atoms with E-state index in [0.29, 0.717) is 19.5 Å². The first-order chi connectivity index (χ1) is 7.28. The number of hydrogen-bond donors (Lipinski definition) is 2. The fourth-order valence-electron chi connectivity index (χ4n) is 1.48. The Hall–Kier alpha value is -1.55. The van der Waals surface area contributed by atoms with Gasteiger partial charge in [0.05, 0.1) is 6.54 Å². The molecule has 15 heavy (non-hydrogen) atoms. The number of ether oxygens (including phenoxy) is 1. The summed E-state index contributed by atoms with van der Waals surface area (Å²) in [4.78, 5) is 4.26. The van der Waals surface area contributed by atoms with Crippen molar-refractivity contribution in [2.75, 3.05) is 13.1 Å². The van der Waals surface area contributed by atoms with Gasteiger partial charge in [-0.2, -0.15) is 0 Å². The van der Waals surface area contributed by atoms with Gasteiger partial charge in [0.15, 0.2) is 5.90 Å². The van der Waals surface area contributed by atoms with Crippen molar-refractivity contribution in [1.29, 1.82) is 0 Å². The lowest BCUT2D eigenvalue weighted by Gasteiger charge is -2.08. The Labute approximate surface area is 88.4 Å². The van der Waals surface area contributed by atoms with Crippen molar-refractivity contribution < 1.29 is 9.84 Å². The zero-order valence-corrected chi connectivity index (χ0v) is 8.39. The molecule has 4 heteroatoms. The third kappa shape index (κ3) is 2.47. The van der Waals surface area contributed by atoms with Crippen molar-refractivity contribution in [3.8, 4) is 5.75 Å². The monoisotopic (exact) mass is 206 g/mol. The maximum Gasteiger partial charge on any atom is 0.188 e. The molecule has 80 valence electrons. The summed E-state index contributed by atoms with van der Waals surface area (Å²) in [5.41, 5.74) is 6.55. The van der Waals surface area contributed by atoms with Crippen LogP contribution in [0.2, 0.25) is 0 Å². The molecule has 1 aliphatic rings. The van der Waals surface area contributed by atoms with E-state index in [1.165, 1.54) is 0 Å². The minimum Gasteiger partial charge on any atom is -0.508 e. The summed E-state index contributed by atoms with van der Waals surface area (Å²) in [5.74, 6) is 1.00. The van der Waals surface area contributed by atoms with Crippen LogP contribution in [-0.2, 0) is 11.2 Å². The average molecular weight is 206 g/mol. The van der Waals surface area contributed by atoms with Crippen molar-refractivity contribution in [2.45, 2.75) is 12.5 Å². The van der Waals surface area contributed by atoms with E-state index in [1.54, 1.807) is 12.1 Å². The van der Waals surface area contributed by atoms with Gasteiger partial charge in [0.2, 0.25) is 0 Å². The minimum absolute atomic E-state index is 0.0390. The molecule has 1 heterocycles. The fraction of sp³-hybridized carbons (Fsp3) is 0.364. The van der Waals surface area contributed by atoms with Crippen LogP contribution in [0.25, 0.3) is 0 Å². The van der Waals surface area contributed by atoms with Crippen molar-refractivity contribution in [3.05, 3.63) is 29.8 Å². The molecule has 0 aromatic heterocycles. The Morgan fingerprint density at radius 3 is 2.73 bits per heavy atom. The lowest BCUT2D eigenvalue weighted by Crippen LogP contribution is -2.24. The first-order valence-electron chi connectivity index (χ1n) is 4.96. The van der Waals surface area contributed by atoms with Gasteiger partial charge >= 0.3 is 0 Å². The van der Waals surface area contributed by atoms with Gasteiger partial charge in [0.25, 0.3) is 0 Å². The second-order valence-corrected chi connectivity index (χ2v) is 3.55. The predicted octanol–water partition coefficient (Wildman–Crippen LogP) is 0.691. The Balaban J connectivity index is 1.95. The van der Waals surface area contributed by atoms with E-state index in [2.05, 4.69) is 4.99 Å². The Bertz CT molecular complexity index is 359. The number of phenolic OH excluding ortho intramolecular Hbond substituents is 1. The van der Waals surface area contributed by atoms with Crippen molar-refractivity contribution in [1.82, 2.24) is 0 Å². The second-order valence-electron chi connectivity index (χ2n) is 3.55. The Morgan fingerprint density at radius 1 is 1.40 bits per heavy atom. The summed E-state index contributed by atoms with van der Waals surface area (Å²) in [6.45, 7) is 1.16. The summed E-state index contributed by atoms with van der Waals surface area (Å²) < 4.78 is 5.51. The quantitative estimate of drug-likeness (QED) is 0.764. The number of phenols is 1. The molecule has 4 nitrogen and oxygen atoms in total. The van der Waals surface area contributed by atoms with Crippen LogP contribution in [0.3, 0.4) is 0 Å². The van der Waals surface area contributed by atoms with Gasteiger partial charge in [-0.3, -0.25) is 4.99 Å². The van der Waals surface area contributed by atoms with Gasteiger partial charge in [-0.05, 0) is 17.7 Å². The SMILES string of the molecule is NCC1CN=C(Cc2ccc(O)cc2)O1. The van der Waals surface area contributed by atoms with Crippen molar-refractivity contribution in [3.63, 3.8) is 0 Å². The highest BCUT2D eigenvalue weighted by atomic mass is 16.5. The van der Waals surface area contributed by atoms with Gasteiger partial charge in [0, 0.05) is 13.0 Å². The van der Waals surface area contributed by atoms with E-state index >= 15 is 0 Å². The third-order valence-electron chi connectivity index (χ3n) is 2.33. The second kappa shape index (κ2) is 4.31. The van der Waals surface area contributed by atoms with Crippen LogP contribution in [0.1, 0.15) is 5.56 Å². The lowest BCUT2D eigenvalue weighted by molar-refractivity contribution is 0.228. The molecule has 1 atom stereocenters. The van der Waals surface area contributed by atoms with Crippen LogP contribution in [0, 0.1) is 0 Å². The van der Waals surface area contributed by atoms with E-state index in [4.69, 9.17) is 15.6 Å². The predicted molar refractivity (Wildman–Crippen MR) is 58.0 cm³/mol. The molecule has 1 aromatic carbocycles. The molecule has 0 bridgehead atoms. The number of nitrogens with two attached hydrogens (primary N) is 1. The maximum atomic E-state index is 9.12. The molecule has 0 fully saturated rings. The summed E-state index contributed by atoms with van der Waals surface area (Å²) >= 11 is 0. The first-order valence-corrected chi connectivity index (χ1v) is 4.96. The fourth-order valence-corrected chi connectivity index (χ4v) is 1.48. The molecule has 0 amide bonds. The zero-order valence-electron chi connectivity index (χ0n) is 8.39. The standard InChI is InChI=1S/C11H14N2O2/c12-6-10-7-13-11(15-10)5-8-1-3-9(14)4-2-8/h1-4,10,14H,5-7,12H2. The van der Waals surface area contributed by atoms with E-state index in [-0.39, 0.29) is 11.9 Å². The minimum atomic E-state index is 0.0390. The molecule has 0 saturated heterocycles. The molecule has 3 N–H and O–H groups in total. The number of hydrogen-bond acceptors (Lipinski definition) is 4. The summed E-state index contributed by atoms with van der Waals surface area (Å²) in [6.07, 6.45) is 0.702. The molecule has 0 saturated carbocycles. The summed E-state index contributed by atoms with van der Waals surface area (Å²) in [7, 11) is 0. The largest absolute Gasteiger partial charge is 0.508 e. The lowest BCUT2D eigenvalue weighted by atomic mass is 10.1. The molecule has 0 radical (unpaired) electrons. The number of aliphatic imine (C=N–C) groups is 1. The Kier molecular flexibility index (Phi) is 2.87. The van der Waals surface area contributed by atoms with E-state index in [0.717, 1.165) is 11.5 Å². The van der Waals surface area contributed by atoms with Gasteiger partial charge < -0.3 is 15.6 Å². The van der Waals surface area contributed by atoms with Gasteiger partial charge in [-0.25, -0.2) is 0 Å². The first kappa shape index (κ1) is 9.98. The number of rotatable bonds is 3. The number of aromatic hydroxyl groups is 1. The molecule has 1 unspecified atom stereocenters. The summed E-state index contributed by atoms with van der Waals surface area (Å²) in [6, 6.07) is 7.03. The summed E-state index contributed by atoms with van der Waals surface area (Å²) in [5, 5.41) is 9.12. The van der Waals surface area contributed by atoms with Gasteiger partial charge in [-0.15, -0.1) is 0 Å². The van der Waals surface area contributed by atoms with Crippen LogP contribution in [0.15, 0.2) is 29.3 Å². The average Bonchev–Trinajstić information content (AvgIpc) is 2.69. The topological polar surface area (TPSA) is 67.8 Å². The molecule has 0 aliphatic carbocycles. The van der Waals surface area contributed by atoms with Crippen molar-refractivity contribution in [2.24, 2.45) is 10.7 Å². The van der Waals surface area contributed by atoms with Crippen LogP contribution in [-0.4, -0.2) is 30.2 Å². The molecule has 0 spiro atoms.